The highest BCUT2D eigenvalue weighted by Gasteiger charge is 2.21. The standard InChI is InChI=1S/C44H28N2O3/c1-4-12-29(13-5-1)45(30-14-6-2-7-15-30)33-22-25-41-38(27-33)43-36-23-20-34(28-42(36)49-44(43)48-41)46(31-16-8-3-9-17-31)32-21-24-40-37(26-32)35-18-10-11-19-39(35)47-40/h1-28H. The molecule has 3 aromatic heterocycles. The zero-order valence-electron chi connectivity index (χ0n) is 26.3. The molecule has 3 heterocycles. The van der Waals surface area contributed by atoms with E-state index in [-0.39, 0.29) is 0 Å². The van der Waals surface area contributed by atoms with Gasteiger partial charge >= 0.3 is 0 Å². The van der Waals surface area contributed by atoms with Gasteiger partial charge < -0.3 is 23.1 Å². The SMILES string of the molecule is c1ccc(N(c2ccc3c(c2)oc2oc4ccc(N(c5ccccc5)c5ccccc5)cc4c23)c2ccc3oc4ccccc4c3c2)cc1. The third-order valence-corrected chi connectivity index (χ3v) is 9.25. The Labute approximate surface area is 281 Å². The van der Waals surface area contributed by atoms with Crippen LogP contribution >= 0.6 is 0 Å². The molecule has 0 unspecified atom stereocenters. The third-order valence-electron chi connectivity index (χ3n) is 9.25. The van der Waals surface area contributed by atoms with Gasteiger partial charge in [0.15, 0.2) is 0 Å². The largest absolute Gasteiger partial charge is 0.456 e. The van der Waals surface area contributed by atoms with E-state index >= 15 is 0 Å². The summed E-state index contributed by atoms with van der Waals surface area (Å²) in [6.07, 6.45) is 0. The normalized spacial score (nSPS) is 11.7. The Morgan fingerprint density at radius 3 is 1.41 bits per heavy atom. The average Bonchev–Trinajstić information content (AvgIpc) is 3.82. The topological polar surface area (TPSA) is 45.9 Å². The summed E-state index contributed by atoms with van der Waals surface area (Å²) >= 11 is 0. The van der Waals surface area contributed by atoms with E-state index in [1.165, 1.54) is 0 Å². The highest BCUT2D eigenvalue weighted by molar-refractivity contribution is 6.18. The highest BCUT2D eigenvalue weighted by atomic mass is 16.5. The Morgan fingerprint density at radius 1 is 0.286 bits per heavy atom. The number of para-hydroxylation sites is 4. The van der Waals surface area contributed by atoms with Crippen molar-refractivity contribution in [2.45, 2.75) is 0 Å². The van der Waals surface area contributed by atoms with Crippen molar-refractivity contribution in [1.29, 1.82) is 0 Å². The number of hydrogen-bond acceptors (Lipinski definition) is 5. The zero-order chi connectivity index (χ0) is 32.3. The number of fused-ring (bicyclic) bond motifs is 8. The number of benzene rings is 7. The first-order valence-electron chi connectivity index (χ1n) is 16.3. The molecule has 5 nitrogen and oxygen atoms in total. The van der Waals surface area contributed by atoms with E-state index < -0.39 is 0 Å². The molecule has 0 aliphatic rings. The van der Waals surface area contributed by atoms with Gasteiger partial charge in [-0.05, 0) is 91.0 Å². The van der Waals surface area contributed by atoms with E-state index in [1.807, 2.05) is 42.5 Å². The summed E-state index contributed by atoms with van der Waals surface area (Å²) in [5.74, 6) is 0.516. The van der Waals surface area contributed by atoms with Crippen LogP contribution in [0.4, 0.5) is 34.1 Å². The molecule has 0 atom stereocenters. The second-order valence-corrected chi connectivity index (χ2v) is 12.2. The number of nitrogens with zero attached hydrogens (tertiary/aromatic N) is 2. The molecule has 5 heteroatoms. The fraction of sp³-hybridized carbons (Fsp3) is 0. The molecule has 0 radical (unpaired) electrons. The summed E-state index contributed by atoms with van der Waals surface area (Å²) in [4.78, 5) is 4.51. The highest BCUT2D eigenvalue weighted by Crippen LogP contribution is 2.44. The number of furan rings is 3. The summed E-state index contributed by atoms with van der Waals surface area (Å²) < 4.78 is 18.9. The first-order chi connectivity index (χ1) is 24.3. The lowest BCUT2D eigenvalue weighted by atomic mass is 10.1. The lowest BCUT2D eigenvalue weighted by molar-refractivity contribution is 0.524. The van der Waals surface area contributed by atoms with Crippen LogP contribution in [0.3, 0.4) is 0 Å². The average molecular weight is 633 g/mol. The summed E-state index contributed by atoms with van der Waals surface area (Å²) in [6.45, 7) is 0. The van der Waals surface area contributed by atoms with Gasteiger partial charge in [0.1, 0.15) is 22.3 Å². The molecule has 0 saturated carbocycles. The first-order valence-corrected chi connectivity index (χ1v) is 16.3. The molecule has 10 aromatic rings. The predicted molar refractivity (Wildman–Crippen MR) is 200 cm³/mol. The van der Waals surface area contributed by atoms with Crippen LogP contribution in [0.2, 0.25) is 0 Å². The fourth-order valence-electron chi connectivity index (χ4n) is 7.05. The van der Waals surface area contributed by atoms with E-state index in [0.29, 0.717) is 5.78 Å². The van der Waals surface area contributed by atoms with Crippen molar-refractivity contribution < 1.29 is 13.3 Å². The lowest BCUT2D eigenvalue weighted by Crippen LogP contribution is -2.09. The van der Waals surface area contributed by atoms with E-state index in [9.17, 15) is 0 Å². The molecule has 10 rings (SSSR count). The summed E-state index contributed by atoms with van der Waals surface area (Å²) in [6, 6.07) is 58.5. The van der Waals surface area contributed by atoms with Crippen LogP contribution in [-0.4, -0.2) is 0 Å². The van der Waals surface area contributed by atoms with E-state index in [2.05, 4.69) is 137 Å². The molecular formula is C44H28N2O3. The molecule has 0 N–H and O–H groups in total. The van der Waals surface area contributed by atoms with Crippen molar-refractivity contribution in [2.75, 3.05) is 9.80 Å². The fourth-order valence-corrected chi connectivity index (χ4v) is 7.05. The summed E-state index contributed by atoms with van der Waals surface area (Å²) in [5.41, 5.74) is 9.54. The van der Waals surface area contributed by atoms with Crippen molar-refractivity contribution in [3.05, 3.63) is 170 Å². The number of anilines is 6. The Morgan fingerprint density at radius 2 is 0.755 bits per heavy atom. The van der Waals surface area contributed by atoms with Crippen LogP contribution in [0.25, 0.3) is 55.0 Å². The van der Waals surface area contributed by atoms with Gasteiger partial charge in [-0.25, -0.2) is 0 Å². The molecule has 0 amide bonds. The Kier molecular flexibility index (Phi) is 6.11. The van der Waals surface area contributed by atoms with Crippen LogP contribution in [0.15, 0.2) is 183 Å². The van der Waals surface area contributed by atoms with Crippen molar-refractivity contribution >= 4 is 89.2 Å². The minimum atomic E-state index is 0.516. The molecule has 0 aliphatic heterocycles. The molecule has 232 valence electrons. The van der Waals surface area contributed by atoms with Crippen molar-refractivity contribution in [1.82, 2.24) is 0 Å². The van der Waals surface area contributed by atoms with Gasteiger partial charge in [-0.2, -0.15) is 0 Å². The molecule has 7 aromatic carbocycles. The zero-order valence-corrected chi connectivity index (χ0v) is 26.3. The predicted octanol–water partition coefficient (Wildman–Crippen LogP) is 13.2. The second kappa shape index (κ2) is 10.9. The smallest absolute Gasteiger partial charge is 0.299 e. The van der Waals surface area contributed by atoms with Gasteiger partial charge in [-0.1, -0.05) is 72.8 Å². The number of hydrogen-bond donors (Lipinski definition) is 0. The van der Waals surface area contributed by atoms with Crippen molar-refractivity contribution in [3.63, 3.8) is 0 Å². The van der Waals surface area contributed by atoms with Gasteiger partial charge in [-0.15, -0.1) is 0 Å². The Hall–Kier alpha value is -6.72. The molecule has 0 spiro atoms. The van der Waals surface area contributed by atoms with Gasteiger partial charge in [0.2, 0.25) is 0 Å². The van der Waals surface area contributed by atoms with Crippen LogP contribution in [-0.2, 0) is 0 Å². The monoisotopic (exact) mass is 632 g/mol. The number of rotatable bonds is 6. The lowest BCUT2D eigenvalue weighted by Gasteiger charge is -2.25. The maximum atomic E-state index is 6.46. The minimum absolute atomic E-state index is 0.516. The van der Waals surface area contributed by atoms with E-state index in [0.717, 1.165) is 83.4 Å². The van der Waals surface area contributed by atoms with Crippen LogP contribution in [0.1, 0.15) is 0 Å². The van der Waals surface area contributed by atoms with Gasteiger partial charge in [-0.3, -0.25) is 0 Å². The minimum Gasteiger partial charge on any atom is -0.456 e. The maximum absolute atomic E-state index is 6.46. The van der Waals surface area contributed by atoms with Crippen LogP contribution < -0.4 is 9.80 Å². The molecule has 0 saturated heterocycles. The second-order valence-electron chi connectivity index (χ2n) is 12.2. The van der Waals surface area contributed by atoms with E-state index in [4.69, 9.17) is 13.3 Å². The quantitative estimate of drug-likeness (QED) is 0.182. The van der Waals surface area contributed by atoms with Gasteiger partial charge in [0.25, 0.3) is 5.78 Å². The molecule has 0 aliphatic carbocycles. The maximum Gasteiger partial charge on any atom is 0.299 e. The Bertz CT molecular complexity index is 2740. The van der Waals surface area contributed by atoms with E-state index in [1.54, 1.807) is 0 Å². The van der Waals surface area contributed by atoms with Gasteiger partial charge in [0.05, 0.1) is 5.39 Å². The summed E-state index contributed by atoms with van der Waals surface area (Å²) in [7, 11) is 0. The van der Waals surface area contributed by atoms with Crippen molar-refractivity contribution in [2.24, 2.45) is 0 Å². The molecule has 0 fully saturated rings. The van der Waals surface area contributed by atoms with Crippen molar-refractivity contribution in [3.8, 4) is 0 Å². The third kappa shape index (κ3) is 4.48. The van der Waals surface area contributed by atoms with Crippen LogP contribution in [0.5, 0.6) is 0 Å². The van der Waals surface area contributed by atoms with Crippen LogP contribution in [0, 0.1) is 0 Å². The molecular weight excluding hydrogens is 604 g/mol. The molecule has 49 heavy (non-hydrogen) atoms. The first kappa shape index (κ1) is 27.4. The van der Waals surface area contributed by atoms with Gasteiger partial charge in [0, 0.05) is 61.7 Å². The summed E-state index contributed by atoms with van der Waals surface area (Å²) in [5, 5.41) is 5.15. The Balaban J connectivity index is 1.12. The molecule has 0 bridgehead atoms.